The smallest absolute Gasteiger partial charge is 0.221 e. The van der Waals surface area contributed by atoms with Crippen LogP contribution in [0.3, 0.4) is 0 Å². The molecule has 1 aromatic carbocycles. The van der Waals surface area contributed by atoms with E-state index in [0.717, 1.165) is 29.4 Å². The molecule has 3 rings (SSSR count). The van der Waals surface area contributed by atoms with Gasteiger partial charge in [-0.15, -0.1) is 12.4 Å². The third kappa shape index (κ3) is 5.02. The van der Waals surface area contributed by atoms with Crippen LogP contribution in [0.25, 0.3) is 11.4 Å². The predicted molar refractivity (Wildman–Crippen MR) is 94.3 cm³/mol. The maximum Gasteiger partial charge on any atom is 0.221 e. The van der Waals surface area contributed by atoms with Gasteiger partial charge in [0.25, 0.3) is 0 Å². The highest BCUT2D eigenvalue weighted by atomic mass is 79.9. The van der Waals surface area contributed by atoms with Crippen LogP contribution < -0.4 is 10.6 Å². The average molecular weight is 401 g/mol. The monoisotopic (exact) mass is 399 g/mol. The van der Waals surface area contributed by atoms with Gasteiger partial charge in [-0.3, -0.25) is 9.89 Å². The quantitative estimate of drug-likeness (QED) is 0.720. The lowest BCUT2D eigenvalue weighted by Crippen LogP contribution is -2.31. The Kier molecular flexibility index (Phi) is 6.56. The molecular formula is C15H19BrClN5O. The van der Waals surface area contributed by atoms with Crippen LogP contribution >= 0.6 is 28.3 Å². The summed E-state index contributed by atoms with van der Waals surface area (Å²) < 4.78 is 1.01. The number of rotatable bonds is 5. The van der Waals surface area contributed by atoms with E-state index in [0.29, 0.717) is 30.7 Å². The minimum absolute atomic E-state index is 0. The van der Waals surface area contributed by atoms with Crippen LogP contribution in [-0.2, 0) is 11.3 Å². The van der Waals surface area contributed by atoms with E-state index in [4.69, 9.17) is 0 Å². The van der Waals surface area contributed by atoms with Gasteiger partial charge in [0.2, 0.25) is 5.91 Å². The number of carbonyl (C=O) groups is 1. The lowest BCUT2D eigenvalue weighted by molar-refractivity contribution is -0.121. The number of hydrogen-bond acceptors (Lipinski definition) is 4. The Balaban J connectivity index is 0.00000192. The zero-order valence-electron chi connectivity index (χ0n) is 12.5. The second-order valence-corrected chi connectivity index (χ2v) is 6.30. The van der Waals surface area contributed by atoms with Gasteiger partial charge in [0.05, 0.1) is 6.54 Å². The van der Waals surface area contributed by atoms with Gasteiger partial charge in [-0.1, -0.05) is 28.1 Å². The average Bonchev–Trinajstić information content (AvgIpc) is 3.17. The summed E-state index contributed by atoms with van der Waals surface area (Å²) in [6.45, 7) is 1.38. The van der Waals surface area contributed by atoms with E-state index < -0.39 is 0 Å². The number of hydrogen-bond donors (Lipinski definition) is 3. The summed E-state index contributed by atoms with van der Waals surface area (Å²) in [5.74, 6) is 1.33. The fourth-order valence-corrected chi connectivity index (χ4v) is 2.78. The molecule has 1 fully saturated rings. The van der Waals surface area contributed by atoms with Gasteiger partial charge in [0.1, 0.15) is 5.82 Å². The van der Waals surface area contributed by atoms with E-state index in [1.165, 1.54) is 0 Å². The molecule has 2 heterocycles. The summed E-state index contributed by atoms with van der Waals surface area (Å²) in [6.07, 6.45) is 2.74. The molecule has 3 N–H and O–H groups in total. The fourth-order valence-electron chi connectivity index (χ4n) is 2.51. The summed E-state index contributed by atoms with van der Waals surface area (Å²) in [5, 5.41) is 13.2. The SMILES string of the molecule is Cl.O=C(CC1CCCN1)NCc1nc(-c2ccc(Br)cc2)n[nH]1. The zero-order chi connectivity index (χ0) is 15.4. The van der Waals surface area contributed by atoms with E-state index in [-0.39, 0.29) is 18.3 Å². The number of carbonyl (C=O) groups excluding carboxylic acids is 1. The minimum Gasteiger partial charge on any atom is -0.349 e. The van der Waals surface area contributed by atoms with Crippen molar-refractivity contribution in [2.75, 3.05) is 6.54 Å². The van der Waals surface area contributed by atoms with E-state index >= 15 is 0 Å². The summed E-state index contributed by atoms with van der Waals surface area (Å²) in [4.78, 5) is 16.3. The molecule has 0 aliphatic carbocycles. The Hall–Kier alpha value is -1.44. The molecular weight excluding hydrogens is 382 g/mol. The molecule has 2 aromatic rings. The molecule has 23 heavy (non-hydrogen) atoms. The van der Waals surface area contributed by atoms with E-state index in [9.17, 15) is 4.79 Å². The van der Waals surface area contributed by atoms with Crippen LogP contribution in [0, 0.1) is 0 Å². The van der Waals surface area contributed by atoms with E-state index in [1.54, 1.807) is 0 Å². The van der Waals surface area contributed by atoms with Gasteiger partial charge in [-0.25, -0.2) is 4.98 Å². The first-order chi connectivity index (χ1) is 10.7. The van der Waals surface area contributed by atoms with E-state index in [1.807, 2.05) is 24.3 Å². The second kappa shape index (κ2) is 8.42. The molecule has 0 saturated carbocycles. The maximum atomic E-state index is 11.9. The lowest BCUT2D eigenvalue weighted by Gasteiger charge is -2.09. The van der Waals surface area contributed by atoms with Gasteiger partial charge in [-0.05, 0) is 31.5 Å². The van der Waals surface area contributed by atoms with Gasteiger partial charge < -0.3 is 10.6 Å². The second-order valence-electron chi connectivity index (χ2n) is 5.39. The zero-order valence-corrected chi connectivity index (χ0v) is 14.9. The van der Waals surface area contributed by atoms with Crippen molar-refractivity contribution in [3.05, 3.63) is 34.6 Å². The van der Waals surface area contributed by atoms with Gasteiger partial charge in [0, 0.05) is 22.5 Å². The molecule has 1 aliphatic rings. The standard InChI is InChI=1S/C15H18BrN5O.ClH/c16-11-5-3-10(4-6-11)15-19-13(20-21-15)9-18-14(22)8-12-2-1-7-17-12;/h3-6,12,17H,1-2,7-9H2,(H,18,22)(H,19,20,21);1H. The fraction of sp³-hybridized carbons (Fsp3) is 0.400. The highest BCUT2D eigenvalue weighted by Gasteiger charge is 2.17. The van der Waals surface area contributed by atoms with Crippen LogP contribution in [-0.4, -0.2) is 33.7 Å². The summed E-state index contributed by atoms with van der Waals surface area (Å²) in [5.41, 5.74) is 0.937. The van der Waals surface area contributed by atoms with Crippen molar-refractivity contribution < 1.29 is 4.79 Å². The summed E-state index contributed by atoms with van der Waals surface area (Å²) >= 11 is 3.40. The van der Waals surface area contributed by atoms with Crippen molar-refractivity contribution >= 4 is 34.2 Å². The first-order valence-electron chi connectivity index (χ1n) is 7.38. The molecule has 8 heteroatoms. The largest absolute Gasteiger partial charge is 0.349 e. The Morgan fingerprint density at radius 1 is 1.35 bits per heavy atom. The predicted octanol–water partition coefficient (Wildman–Crippen LogP) is 2.41. The Morgan fingerprint density at radius 3 is 2.83 bits per heavy atom. The van der Waals surface area contributed by atoms with Crippen LogP contribution in [0.2, 0.25) is 0 Å². The molecule has 1 amide bonds. The highest BCUT2D eigenvalue weighted by Crippen LogP contribution is 2.18. The van der Waals surface area contributed by atoms with Crippen molar-refractivity contribution in [1.82, 2.24) is 25.8 Å². The number of aromatic amines is 1. The molecule has 0 radical (unpaired) electrons. The first kappa shape index (κ1) is 17.9. The Bertz CT molecular complexity index is 640. The molecule has 124 valence electrons. The normalized spacial score (nSPS) is 16.8. The lowest BCUT2D eigenvalue weighted by atomic mass is 10.1. The van der Waals surface area contributed by atoms with Gasteiger partial charge in [-0.2, -0.15) is 5.10 Å². The van der Waals surface area contributed by atoms with E-state index in [2.05, 4.69) is 41.7 Å². The molecule has 1 saturated heterocycles. The van der Waals surface area contributed by atoms with Crippen molar-refractivity contribution in [2.24, 2.45) is 0 Å². The number of halogens is 2. The van der Waals surface area contributed by atoms with Crippen molar-refractivity contribution in [1.29, 1.82) is 0 Å². The number of benzene rings is 1. The molecule has 0 bridgehead atoms. The number of nitrogens with zero attached hydrogens (tertiary/aromatic N) is 2. The Morgan fingerprint density at radius 2 is 2.13 bits per heavy atom. The van der Waals surface area contributed by atoms with Crippen LogP contribution in [0.1, 0.15) is 25.1 Å². The van der Waals surface area contributed by atoms with Crippen LogP contribution in [0.4, 0.5) is 0 Å². The van der Waals surface area contributed by atoms with Gasteiger partial charge in [0.15, 0.2) is 5.82 Å². The van der Waals surface area contributed by atoms with Crippen LogP contribution in [0.5, 0.6) is 0 Å². The summed E-state index contributed by atoms with van der Waals surface area (Å²) in [7, 11) is 0. The molecule has 1 unspecified atom stereocenters. The molecule has 1 aromatic heterocycles. The van der Waals surface area contributed by atoms with Crippen molar-refractivity contribution in [3.63, 3.8) is 0 Å². The molecule has 6 nitrogen and oxygen atoms in total. The molecule has 1 atom stereocenters. The van der Waals surface area contributed by atoms with Crippen LogP contribution in [0.15, 0.2) is 28.7 Å². The first-order valence-corrected chi connectivity index (χ1v) is 8.17. The Labute approximate surface area is 149 Å². The summed E-state index contributed by atoms with van der Waals surface area (Å²) in [6, 6.07) is 8.10. The highest BCUT2D eigenvalue weighted by molar-refractivity contribution is 9.10. The number of H-pyrrole nitrogens is 1. The van der Waals surface area contributed by atoms with Crippen molar-refractivity contribution in [2.45, 2.75) is 31.8 Å². The molecule has 1 aliphatic heterocycles. The molecule has 0 spiro atoms. The number of nitrogens with one attached hydrogen (secondary N) is 3. The topological polar surface area (TPSA) is 82.7 Å². The number of aromatic nitrogens is 3. The van der Waals surface area contributed by atoms with Crippen molar-refractivity contribution in [3.8, 4) is 11.4 Å². The third-order valence-corrected chi connectivity index (χ3v) is 4.21. The van der Waals surface area contributed by atoms with Gasteiger partial charge >= 0.3 is 0 Å². The number of amides is 1. The third-order valence-electron chi connectivity index (χ3n) is 3.68. The minimum atomic E-state index is 0. The maximum absolute atomic E-state index is 11.9.